The van der Waals surface area contributed by atoms with Gasteiger partial charge in [-0.15, -0.1) is 0 Å². The molecule has 0 saturated heterocycles. The van der Waals surface area contributed by atoms with E-state index in [1.807, 2.05) is 0 Å². The van der Waals surface area contributed by atoms with Gasteiger partial charge in [-0.1, -0.05) is 195 Å². The van der Waals surface area contributed by atoms with Crippen LogP contribution in [0.5, 0.6) is 5.75 Å². The van der Waals surface area contributed by atoms with E-state index in [4.69, 9.17) is 4.99 Å². The van der Waals surface area contributed by atoms with Gasteiger partial charge in [-0.05, 0) is 113 Å². The van der Waals surface area contributed by atoms with Gasteiger partial charge < -0.3 is 10.4 Å². The van der Waals surface area contributed by atoms with Gasteiger partial charge in [0.05, 0.1) is 6.04 Å². The summed E-state index contributed by atoms with van der Waals surface area (Å²) in [4.78, 5) is 5.40. The van der Waals surface area contributed by atoms with E-state index in [1.54, 1.807) is 0 Å². The van der Waals surface area contributed by atoms with Crippen LogP contribution in [-0.4, -0.2) is 23.4 Å². The van der Waals surface area contributed by atoms with Crippen LogP contribution in [0.25, 0.3) is 87.6 Å². The highest BCUT2D eigenvalue weighted by atomic mass is 16.3. The molecule has 0 spiro atoms. The molecule has 2 N–H and O–H groups in total. The van der Waals surface area contributed by atoms with Crippen molar-refractivity contribution in [2.45, 2.75) is 44.3 Å². The minimum absolute atomic E-state index is 0.107. The summed E-state index contributed by atoms with van der Waals surface area (Å²) >= 11 is 0. The standard InChI is InChI=1S/C60H48N2O/c63-60-47(37-46-24-10-14-28-51(46)59(60)58-50-27-13-8-22-44(50)32-34-53(58)42-19-5-2-6-20-42)39-62-56-30-16-15-29-55(56)61-38-40-35-45-23-9-11-25-48(45)54(36-40)57-49-26-12-7-21-43(49)31-33-52(57)41-17-3-1-4-18-41/h1-14,17-28,31-38,55-56,62-63H,15-16,29-30,39H2/t55?,56-/m1/s1. The van der Waals surface area contributed by atoms with Gasteiger partial charge in [-0.3, -0.25) is 4.99 Å². The molecular weight excluding hydrogens is 765 g/mol. The molecule has 0 amide bonds. The first kappa shape index (κ1) is 38.6. The Balaban J connectivity index is 0.956. The van der Waals surface area contributed by atoms with Crippen LogP contribution in [0.4, 0.5) is 0 Å². The molecule has 1 unspecified atom stereocenters. The Kier molecular flexibility index (Phi) is 10.3. The van der Waals surface area contributed by atoms with E-state index < -0.39 is 0 Å². The fourth-order valence-corrected chi connectivity index (χ4v) is 10.2. The third kappa shape index (κ3) is 7.35. The van der Waals surface area contributed by atoms with Crippen LogP contribution in [0, 0.1) is 0 Å². The smallest absolute Gasteiger partial charge is 0.128 e. The van der Waals surface area contributed by atoms with Crippen molar-refractivity contribution in [2.24, 2.45) is 4.99 Å². The van der Waals surface area contributed by atoms with Crippen molar-refractivity contribution in [1.82, 2.24) is 5.32 Å². The third-order valence-corrected chi connectivity index (χ3v) is 13.2. The second-order valence-electron chi connectivity index (χ2n) is 17.0. The largest absolute Gasteiger partial charge is 0.507 e. The quantitative estimate of drug-likeness (QED) is 0.143. The van der Waals surface area contributed by atoms with Crippen molar-refractivity contribution in [3.05, 3.63) is 211 Å². The van der Waals surface area contributed by atoms with E-state index in [0.717, 1.165) is 80.6 Å². The number of nitrogens with one attached hydrogen (secondary N) is 1. The Morgan fingerprint density at radius 2 is 0.968 bits per heavy atom. The Bertz CT molecular complexity index is 3320. The number of hydrogen-bond acceptors (Lipinski definition) is 3. The van der Waals surface area contributed by atoms with Crippen molar-refractivity contribution in [2.75, 3.05) is 0 Å². The fourth-order valence-electron chi connectivity index (χ4n) is 10.2. The van der Waals surface area contributed by atoms with E-state index in [9.17, 15) is 5.11 Å². The number of aliphatic imine (C=N–C) groups is 1. The topological polar surface area (TPSA) is 44.6 Å². The van der Waals surface area contributed by atoms with Crippen molar-refractivity contribution >= 4 is 49.3 Å². The lowest BCUT2D eigenvalue weighted by molar-refractivity contribution is 0.327. The zero-order valence-corrected chi connectivity index (χ0v) is 35.2. The van der Waals surface area contributed by atoms with E-state index in [-0.39, 0.29) is 12.1 Å². The molecule has 1 fully saturated rings. The van der Waals surface area contributed by atoms with Crippen LogP contribution in [-0.2, 0) is 6.54 Å². The normalized spacial score (nSPS) is 15.5. The first-order valence-corrected chi connectivity index (χ1v) is 22.4. The first-order chi connectivity index (χ1) is 31.2. The molecule has 0 bridgehead atoms. The van der Waals surface area contributed by atoms with Gasteiger partial charge in [-0.25, -0.2) is 0 Å². The van der Waals surface area contributed by atoms with Gasteiger partial charge in [0.15, 0.2) is 0 Å². The molecule has 0 aliphatic heterocycles. The minimum Gasteiger partial charge on any atom is -0.507 e. The first-order valence-electron chi connectivity index (χ1n) is 22.4. The lowest BCUT2D eigenvalue weighted by Gasteiger charge is -2.30. The van der Waals surface area contributed by atoms with Crippen molar-refractivity contribution in [3.63, 3.8) is 0 Å². The van der Waals surface area contributed by atoms with Crippen LogP contribution in [0.15, 0.2) is 205 Å². The molecule has 1 aliphatic rings. The van der Waals surface area contributed by atoms with Crippen LogP contribution in [0.3, 0.4) is 0 Å². The second kappa shape index (κ2) is 16.9. The zero-order chi connectivity index (χ0) is 42.1. The molecule has 3 nitrogen and oxygen atoms in total. The number of rotatable bonds is 9. The average Bonchev–Trinajstić information content (AvgIpc) is 3.35. The molecule has 63 heavy (non-hydrogen) atoms. The maximum Gasteiger partial charge on any atom is 0.128 e. The van der Waals surface area contributed by atoms with Crippen LogP contribution < -0.4 is 5.32 Å². The number of nitrogens with zero attached hydrogens (tertiary/aromatic N) is 1. The van der Waals surface area contributed by atoms with Gasteiger partial charge in [0, 0.05) is 35.5 Å². The van der Waals surface area contributed by atoms with E-state index in [2.05, 4.69) is 212 Å². The molecule has 0 aromatic heterocycles. The summed E-state index contributed by atoms with van der Waals surface area (Å²) in [6, 6.07) is 71.8. The Morgan fingerprint density at radius 1 is 0.460 bits per heavy atom. The maximum absolute atomic E-state index is 12.5. The monoisotopic (exact) mass is 812 g/mol. The highest BCUT2D eigenvalue weighted by Gasteiger charge is 2.26. The molecule has 304 valence electrons. The van der Waals surface area contributed by atoms with Gasteiger partial charge >= 0.3 is 0 Å². The van der Waals surface area contributed by atoms with Crippen LogP contribution >= 0.6 is 0 Å². The Morgan fingerprint density at radius 3 is 1.62 bits per heavy atom. The van der Waals surface area contributed by atoms with Crippen molar-refractivity contribution < 1.29 is 5.11 Å². The van der Waals surface area contributed by atoms with Gasteiger partial charge in [0.1, 0.15) is 5.75 Å². The predicted octanol–water partition coefficient (Wildman–Crippen LogP) is 15.2. The molecule has 0 radical (unpaired) electrons. The number of benzene rings is 10. The van der Waals surface area contributed by atoms with E-state index in [1.165, 1.54) is 43.8 Å². The highest BCUT2D eigenvalue weighted by Crippen LogP contribution is 2.47. The molecule has 1 aliphatic carbocycles. The molecule has 3 heteroatoms. The van der Waals surface area contributed by atoms with Gasteiger partial charge in [-0.2, -0.15) is 0 Å². The molecule has 10 aromatic carbocycles. The summed E-state index contributed by atoms with van der Waals surface area (Å²) in [6.45, 7) is 0.537. The Hall–Kier alpha value is -7.33. The minimum atomic E-state index is 0.107. The number of phenols is 1. The van der Waals surface area contributed by atoms with Crippen molar-refractivity contribution in [3.8, 4) is 50.3 Å². The van der Waals surface area contributed by atoms with Crippen molar-refractivity contribution in [1.29, 1.82) is 0 Å². The Labute approximate surface area is 369 Å². The molecule has 11 rings (SSSR count). The molecule has 10 aromatic rings. The third-order valence-electron chi connectivity index (χ3n) is 13.2. The van der Waals surface area contributed by atoms with E-state index >= 15 is 0 Å². The fraction of sp³-hybridized carbons (Fsp3) is 0.117. The van der Waals surface area contributed by atoms with E-state index in [0.29, 0.717) is 12.3 Å². The zero-order valence-electron chi connectivity index (χ0n) is 35.2. The predicted molar refractivity (Wildman–Crippen MR) is 267 cm³/mol. The van der Waals surface area contributed by atoms with Crippen LogP contribution in [0.1, 0.15) is 36.8 Å². The summed E-state index contributed by atoms with van der Waals surface area (Å²) in [5.74, 6) is 0.331. The molecule has 2 atom stereocenters. The second-order valence-corrected chi connectivity index (χ2v) is 17.0. The SMILES string of the molecule is Oc1c(CN[C@@H]2CCCCC2N=Cc2cc(-c3c(-c4ccccc4)ccc4ccccc34)c3ccccc3c2)cc2ccccc2c1-c1c(-c2ccccc2)ccc2ccccc12. The molecule has 0 heterocycles. The highest BCUT2D eigenvalue weighted by molar-refractivity contribution is 6.14. The number of phenolic OH excluding ortho intramolecular Hbond substituents is 1. The number of hydrogen-bond donors (Lipinski definition) is 2. The molecule has 1 saturated carbocycles. The summed E-state index contributed by atoms with van der Waals surface area (Å²) in [5.41, 5.74) is 11.1. The van der Waals surface area contributed by atoms with Crippen LogP contribution in [0.2, 0.25) is 0 Å². The maximum atomic E-state index is 12.5. The summed E-state index contributed by atoms with van der Waals surface area (Å²) < 4.78 is 0. The number of aromatic hydroxyl groups is 1. The summed E-state index contributed by atoms with van der Waals surface area (Å²) in [6.07, 6.45) is 6.46. The number of fused-ring (bicyclic) bond motifs is 4. The lowest BCUT2D eigenvalue weighted by Crippen LogP contribution is -2.40. The summed E-state index contributed by atoms with van der Waals surface area (Å²) in [5, 5.41) is 25.8. The summed E-state index contributed by atoms with van der Waals surface area (Å²) in [7, 11) is 0. The molecular formula is C60H48N2O. The average molecular weight is 813 g/mol. The van der Waals surface area contributed by atoms with Gasteiger partial charge in [0.25, 0.3) is 0 Å². The lowest BCUT2D eigenvalue weighted by atomic mass is 9.85. The van der Waals surface area contributed by atoms with Gasteiger partial charge in [0.2, 0.25) is 0 Å².